The summed E-state index contributed by atoms with van der Waals surface area (Å²) in [6.07, 6.45) is 2.60. The summed E-state index contributed by atoms with van der Waals surface area (Å²) in [5.74, 6) is 3.54. The predicted octanol–water partition coefficient (Wildman–Crippen LogP) is 8.25. The van der Waals surface area contributed by atoms with E-state index in [0.29, 0.717) is 42.2 Å². The van der Waals surface area contributed by atoms with Crippen molar-refractivity contribution in [1.82, 2.24) is 19.4 Å². The normalized spacial score (nSPS) is 18.2. The topological polar surface area (TPSA) is 89.7 Å². The molecule has 3 heterocycles. The van der Waals surface area contributed by atoms with E-state index in [-0.39, 0.29) is 18.0 Å². The summed E-state index contributed by atoms with van der Waals surface area (Å²) >= 11 is 0. The molecule has 0 bridgehead atoms. The van der Waals surface area contributed by atoms with Gasteiger partial charge in [-0.2, -0.15) is 9.97 Å². The molecule has 1 aliphatic heterocycles. The van der Waals surface area contributed by atoms with Crippen molar-refractivity contribution in [2.24, 2.45) is 5.41 Å². The van der Waals surface area contributed by atoms with Gasteiger partial charge in [-0.25, -0.2) is 4.79 Å². The summed E-state index contributed by atoms with van der Waals surface area (Å²) in [6, 6.07) is 3.34. The van der Waals surface area contributed by atoms with Gasteiger partial charge in [0.1, 0.15) is 32.8 Å². The fourth-order valence-electron chi connectivity index (χ4n) is 6.94. The number of amides is 1. The number of hydrogen-bond donors (Lipinski definition) is 1. The first kappa shape index (κ1) is 35.1. The Morgan fingerprint density at radius 2 is 1.72 bits per heavy atom. The average Bonchev–Trinajstić information content (AvgIpc) is 3.49. The first-order chi connectivity index (χ1) is 19.9. The molecular formula is C33H56N4O4Si2. The van der Waals surface area contributed by atoms with Crippen LogP contribution in [-0.4, -0.2) is 72.1 Å². The van der Waals surface area contributed by atoms with Crippen molar-refractivity contribution >= 4 is 33.3 Å². The molecule has 0 saturated carbocycles. The fourth-order valence-corrected chi connectivity index (χ4v) is 12.9. The maximum absolute atomic E-state index is 12.3. The van der Waals surface area contributed by atoms with Crippen molar-refractivity contribution in [1.29, 1.82) is 0 Å². The SMILES string of the molecule is CC(C)[Si](C#Cc1nc(OCC2(C(C)(C)C)CCCN2C(=O)O)nc2c1ccn2COCC[Si](C)(C)C)(C(C)C)C(C)C. The van der Waals surface area contributed by atoms with Gasteiger partial charge in [0.15, 0.2) is 0 Å². The second-order valence-electron chi connectivity index (χ2n) is 15.5. The fraction of sp³-hybridized carbons (Fsp3) is 0.727. The van der Waals surface area contributed by atoms with Gasteiger partial charge in [-0.05, 0) is 47.0 Å². The smallest absolute Gasteiger partial charge is 0.407 e. The van der Waals surface area contributed by atoms with Gasteiger partial charge >= 0.3 is 12.1 Å². The number of rotatable bonds is 11. The van der Waals surface area contributed by atoms with E-state index in [1.807, 2.05) is 16.8 Å². The summed E-state index contributed by atoms with van der Waals surface area (Å²) in [4.78, 5) is 23.5. The molecule has 1 fully saturated rings. The van der Waals surface area contributed by atoms with E-state index in [4.69, 9.17) is 19.4 Å². The Kier molecular flexibility index (Phi) is 10.9. The highest BCUT2D eigenvalue weighted by Crippen LogP contribution is 2.44. The number of ether oxygens (including phenoxy) is 2. The molecule has 240 valence electrons. The molecular weight excluding hydrogens is 573 g/mol. The van der Waals surface area contributed by atoms with Crippen LogP contribution in [-0.2, 0) is 11.5 Å². The van der Waals surface area contributed by atoms with Crippen molar-refractivity contribution in [3.63, 3.8) is 0 Å². The van der Waals surface area contributed by atoms with Crippen LogP contribution in [0.15, 0.2) is 12.3 Å². The van der Waals surface area contributed by atoms with Gasteiger partial charge in [0.2, 0.25) is 0 Å². The first-order valence-electron chi connectivity index (χ1n) is 16.0. The first-order valence-corrected chi connectivity index (χ1v) is 21.9. The minimum Gasteiger partial charge on any atom is -0.465 e. The lowest BCUT2D eigenvalue weighted by molar-refractivity contribution is -0.00596. The highest BCUT2D eigenvalue weighted by atomic mass is 28.3. The van der Waals surface area contributed by atoms with E-state index < -0.39 is 27.8 Å². The molecule has 2 aromatic heterocycles. The molecule has 1 unspecified atom stereocenters. The lowest BCUT2D eigenvalue weighted by Crippen LogP contribution is -2.59. The quantitative estimate of drug-likeness (QED) is 0.153. The number of aromatic nitrogens is 3. The molecule has 43 heavy (non-hydrogen) atoms. The Morgan fingerprint density at radius 3 is 2.26 bits per heavy atom. The largest absolute Gasteiger partial charge is 0.465 e. The maximum atomic E-state index is 12.3. The van der Waals surface area contributed by atoms with E-state index in [1.54, 1.807) is 4.90 Å². The third-order valence-electron chi connectivity index (χ3n) is 9.64. The Balaban J connectivity index is 2.09. The highest BCUT2D eigenvalue weighted by molar-refractivity contribution is 6.90. The molecule has 1 atom stereocenters. The van der Waals surface area contributed by atoms with E-state index >= 15 is 0 Å². The van der Waals surface area contributed by atoms with E-state index in [9.17, 15) is 9.90 Å². The lowest BCUT2D eigenvalue weighted by Gasteiger charge is -2.46. The van der Waals surface area contributed by atoms with Crippen LogP contribution in [0.1, 0.15) is 80.8 Å². The van der Waals surface area contributed by atoms with Crippen LogP contribution in [0.2, 0.25) is 42.3 Å². The Bertz CT molecular complexity index is 1310. The number of carbonyl (C=O) groups is 1. The molecule has 1 amide bonds. The van der Waals surface area contributed by atoms with E-state index in [1.165, 1.54) is 0 Å². The van der Waals surface area contributed by atoms with Crippen LogP contribution in [0.3, 0.4) is 0 Å². The summed E-state index contributed by atoms with van der Waals surface area (Å²) in [5, 5.41) is 10.9. The second-order valence-corrected chi connectivity index (χ2v) is 26.7. The van der Waals surface area contributed by atoms with Gasteiger partial charge < -0.3 is 19.1 Å². The average molecular weight is 629 g/mol. The van der Waals surface area contributed by atoms with E-state index in [0.717, 1.165) is 29.9 Å². The van der Waals surface area contributed by atoms with Crippen LogP contribution in [0, 0.1) is 16.9 Å². The standard InChI is InChI=1S/C33H56N4O4Si2/c1-24(2)43(25(3)4,26(5)6)20-15-28-27-14-18-36(23-40-19-21-42(10,11)12)29(27)35-30(34-28)41-22-33(32(7,8)9)16-13-17-37(33)31(38)39/h14,18,24-26H,13,16-17,19,21-23H2,1-12H3,(H,38,39). The molecule has 1 saturated heterocycles. The monoisotopic (exact) mass is 628 g/mol. The van der Waals surface area contributed by atoms with Crippen LogP contribution in [0.5, 0.6) is 6.01 Å². The molecule has 2 aromatic rings. The summed E-state index contributed by atoms with van der Waals surface area (Å²) in [6.45, 7) is 28.9. The minimum atomic E-state index is -2.01. The molecule has 0 radical (unpaired) electrons. The number of carboxylic acid groups (broad SMARTS) is 1. The van der Waals surface area contributed by atoms with Crippen molar-refractivity contribution < 1.29 is 19.4 Å². The molecule has 1 N–H and O–H groups in total. The van der Waals surface area contributed by atoms with Gasteiger partial charge in [-0.15, -0.1) is 5.54 Å². The van der Waals surface area contributed by atoms with Gasteiger partial charge in [-0.1, -0.05) is 87.9 Å². The second kappa shape index (κ2) is 13.3. The van der Waals surface area contributed by atoms with Crippen LogP contribution >= 0.6 is 0 Å². The van der Waals surface area contributed by atoms with Gasteiger partial charge in [0.25, 0.3) is 0 Å². The van der Waals surface area contributed by atoms with Gasteiger partial charge in [0, 0.05) is 27.4 Å². The zero-order chi connectivity index (χ0) is 32.4. The molecule has 0 aromatic carbocycles. The molecule has 1 aliphatic rings. The number of nitrogens with zero attached hydrogens (tertiary/aromatic N) is 4. The number of fused-ring (bicyclic) bond motifs is 1. The predicted molar refractivity (Wildman–Crippen MR) is 181 cm³/mol. The minimum absolute atomic E-state index is 0.178. The highest BCUT2D eigenvalue weighted by Gasteiger charge is 2.52. The van der Waals surface area contributed by atoms with Crippen molar-refractivity contribution in [2.45, 2.75) is 130 Å². The molecule has 0 spiro atoms. The van der Waals surface area contributed by atoms with Gasteiger partial charge in [0.05, 0.1) is 10.9 Å². The molecule has 0 aliphatic carbocycles. The number of hydrogen-bond acceptors (Lipinski definition) is 5. The Labute approximate surface area is 262 Å². The van der Waals surface area contributed by atoms with Crippen LogP contribution < -0.4 is 4.74 Å². The molecule has 8 nitrogen and oxygen atoms in total. The summed E-state index contributed by atoms with van der Waals surface area (Å²) in [5.41, 5.74) is 5.66. The van der Waals surface area contributed by atoms with E-state index in [2.05, 4.69) is 93.4 Å². The van der Waals surface area contributed by atoms with Crippen LogP contribution in [0.4, 0.5) is 4.79 Å². The Morgan fingerprint density at radius 1 is 1.09 bits per heavy atom. The van der Waals surface area contributed by atoms with Gasteiger partial charge in [-0.3, -0.25) is 4.90 Å². The summed E-state index contributed by atoms with van der Waals surface area (Å²) in [7, 11) is -3.22. The third-order valence-corrected chi connectivity index (χ3v) is 17.6. The zero-order valence-corrected chi connectivity index (χ0v) is 30.8. The maximum Gasteiger partial charge on any atom is 0.407 e. The lowest BCUT2D eigenvalue weighted by atomic mass is 9.72. The van der Waals surface area contributed by atoms with Crippen LogP contribution in [0.25, 0.3) is 11.0 Å². The Hall–Kier alpha value is -2.36. The third kappa shape index (κ3) is 7.48. The van der Waals surface area contributed by atoms with Crippen molar-refractivity contribution in [3.8, 4) is 17.5 Å². The molecule has 10 heteroatoms. The van der Waals surface area contributed by atoms with Crippen molar-refractivity contribution in [2.75, 3.05) is 19.8 Å². The number of likely N-dealkylation sites (tertiary alicyclic amines) is 1. The summed E-state index contributed by atoms with van der Waals surface area (Å²) < 4.78 is 14.5. The molecule has 3 rings (SSSR count). The van der Waals surface area contributed by atoms with Crippen molar-refractivity contribution in [3.05, 3.63) is 18.0 Å². The zero-order valence-electron chi connectivity index (χ0n) is 28.8.